The van der Waals surface area contributed by atoms with Crippen LogP contribution in [0.2, 0.25) is 0 Å². The van der Waals surface area contributed by atoms with E-state index in [1.807, 2.05) is 0 Å². The third-order valence-corrected chi connectivity index (χ3v) is 5.52. The highest BCUT2D eigenvalue weighted by atomic mass is 16.5. The predicted octanol–water partition coefficient (Wildman–Crippen LogP) is 2.98. The Labute approximate surface area is 165 Å². The fourth-order valence-electron chi connectivity index (χ4n) is 3.76. The van der Waals surface area contributed by atoms with Gasteiger partial charge in [0.2, 0.25) is 5.95 Å². The number of hydrogen-bond donors (Lipinski definition) is 1. The Morgan fingerprint density at radius 2 is 1.86 bits per heavy atom. The van der Waals surface area contributed by atoms with Crippen LogP contribution in [0.5, 0.6) is 0 Å². The van der Waals surface area contributed by atoms with Gasteiger partial charge in [-0.15, -0.1) is 0 Å². The molecule has 0 spiro atoms. The molecular weight excluding hydrogens is 356 g/mol. The topological polar surface area (TPSA) is 76.6 Å². The van der Waals surface area contributed by atoms with Crippen molar-refractivity contribution in [1.29, 1.82) is 0 Å². The monoisotopic (exact) mass is 382 g/mol. The SMILES string of the molecule is CCOC(=O)c1cnc(NC2(c3ccc(N4CCOCC4)cc3)CCC2)nc1. The van der Waals surface area contributed by atoms with Crippen molar-refractivity contribution in [3.05, 3.63) is 47.8 Å². The lowest BCUT2D eigenvalue weighted by molar-refractivity contribution is 0.0525. The van der Waals surface area contributed by atoms with Gasteiger partial charge >= 0.3 is 5.97 Å². The normalized spacial score (nSPS) is 18.2. The molecule has 1 saturated carbocycles. The van der Waals surface area contributed by atoms with Gasteiger partial charge in [-0.05, 0) is 43.9 Å². The van der Waals surface area contributed by atoms with E-state index in [0.717, 1.165) is 39.1 Å². The number of esters is 1. The first-order chi connectivity index (χ1) is 13.7. The molecule has 7 nitrogen and oxygen atoms in total. The molecular formula is C21H26N4O3. The lowest BCUT2D eigenvalue weighted by Gasteiger charge is -2.43. The molecule has 1 saturated heterocycles. The number of hydrogen-bond acceptors (Lipinski definition) is 7. The van der Waals surface area contributed by atoms with Crippen molar-refractivity contribution in [2.24, 2.45) is 0 Å². The summed E-state index contributed by atoms with van der Waals surface area (Å²) in [5, 5.41) is 3.50. The summed E-state index contributed by atoms with van der Waals surface area (Å²) >= 11 is 0. The van der Waals surface area contributed by atoms with Crippen molar-refractivity contribution in [2.75, 3.05) is 43.1 Å². The summed E-state index contributed by atoms with van der Waals surface area (Å²) in [5.74, 6) is 0.135. The summed E-state index contributed by atoms with van der Waals surface area (Å²) in [6, 6.07) is 8.77. The van der Waals surface area contributed by atoms with E-state index in [9.17, 15) is 4.79 Å². The van der Waals surface area contributed by atoms with E-state index in [4.69, 9.17) is 9.47 Å². The minimum absolute atomic E-state index is 0.144. The zero-order chi connectivity index (χ0) is 19.4. The predicted molar refractivity (Wildman–Crippen MR) is 107 cm³/mol. The molecule has 28 heavy (non-hydrogen) atoms. The van der Waals surface area contributed by atoms with Gasteiger partial charge in [-0.3, -0.25) is 0 Å². The van der Waals surface area contributed by atoms with Gasteiger partial charge < -0.3 is 19.7 Å². The number of carbonyl (C=O) groups excluding carboxylic acids is 1. The van der Waals surface area contributed by atoms with Gasteiger partial charge in [-0.2, -0.15) is 0 Å². The van der Waals surface area contributed by atoms with E-state index in [1.54, 1.807) is 6.92 Å². The van der Waals surface area contributed by atoms with Crippen LogP contribution in [0.25, 0.3) is 0 Å². The summed E-state index contributed by atoms with van der Waals surface area (Å²) in [5.41, 5.74) is 2.70. The second kappa shape index (κ2) is 8.14. The quantitative estimate of drug-likeness (QED) is 0.770. The van der Waals surface area contributed by atoms with Crippen LogP contribution in [0.1, 0.15) is 42.1 Å². The van der Waals surface area contributed by atoms with Crippen LogP contribution in [0, 0.1) is 0 Å². The zero-order valence-corrected chi connectivity index (χ0v) is 16.2. The van der Waals surface area contributed by atoms with Crippen molar-refractivity contribution in [3.63, 3.8) is 0 Å². The van der Waals surface area contributed by atoms with E-state index in [1.165, 1.54) is 30.1 Å². The van der Waals surface area contributed by atoms with Crippen LogP contribution in [-0.4, -0.2) is 48.8 Å². The minimum Gasteiger partial charge on any atom is -0.462 e. The maximum absolute atomic E-state index is 11.8. The Kier molecular flexibility index (Phi) is 5.43. The van der Waals surface area contributed by atoms with Crippen LogP contribution < -0.4 is 10.2 Å². The lowest BCUT2D eigenvalue weighted by Crippen LogP contribution is -2.42. The summed E-state index contributed by atoms with van der Waals surface area (Å²) in [4.78, 5) is 22.8. The molecule has 2 aliphatic rings. The van der Waals surface area contributed by atoms with Crippen molar-refractivity contribution in [3.8, 4) is 0 Å². The number of anilines is 2. The first kappa shape index (κ1) is 18.7. The minimum atomic E-state index is -0.397. The molecule has 4 rings (SSSR count). The van der Waals surface area contributed by atoms with E-state index in [2.05, 4.69) is 44.5 Å². The Hall–Kier alpha value is -2.67. The van der Waals surface area contributed by atoms with Crippen molar-refractivity contribution in [2.45, 2.75) is 31.7 Å². The molecule has 148 valence electrons. The van der Waals surface area contributed by atoms with Gasteiger partial charge in [0.1, 0.15) is 0 Å². The van der Waals surface area contributed by atoms with Crippen molar-refractivity contribution >= 4 is 17.6 Å². The summed E-state index contributed by atoms with van der Waals surface area (Å²) in [6.07, 6.45) is 6.27. The number of benzene rings is 1. The molecule has 1 aliphatic heterocycles. The average molecular weight is 382 g/mol. The standard InChI is InChI=1S/C21H26N4O3/c1-2-28-19(26)16-14-22-20(23-15-16)24-21(8-3-9-21)17-4-6-18(7-5-17)25-10-12-27-13-11-25/h4-7,14-15H,2-3,8-13H2,1H3,(H,22,23,24). The van der Waals surface area contributed by atoms with Crippen LogP contribution >= 0.6 is 0 Å². The second-order valence-corrected chi connectivity index (χ2v) is 7.22. The van der Waals surface area contributed by atoms with Crippen LogP contribution in [-0.2, 0) is 15.0 Å². The smallest absolute Gasteiger partial charge is 0.341 e. The van der Waals surface area contributed by atoms with Gasteiger partial charge in [-0.1, -0.05) is 12.1 Å². The molecule has 0 radical (unpaired) electrons. The van der Waals surface area contributed by atoms with Gasteiger partial charge in [0.05, 0.1) is 30.9 Å². The van der Waals surface area contributed by atoms with E-state index < -0.39 is 5.97 Å². The first-order valence-corrected chi connectivity index (χ1v) is 9.91. The van der Waals surface area contributed by atoms with Gasteiger partial charge in [-0.25, -0.2) is 14.8 Å². The molecule has 1 aliphatic carbocycles. The summed E-state index contributed by atoms with van der Waals surface area (Å²) < 4.78 is 10.4. The molecule has 0 bridgehead atoms. The first-order valence-electron chi connectivity index (χ1n) is 9.91. The Morgan fingerprint density at radius 1 is 1.18 bits per heavy atom. The number of nitrogens with one attached hydrogen (secondary N) is 1. The van der Waals surface area contributed by atoms with Crippen LogP contribution in [0.15, 0.2) is 36.7 Å². The molecule has 2 heterocycles. The van der Waals surface area contributed by atoms with E-state index >= 15 is 0 Å². The van der Waals surface area contributed by atoms with Crippen molar-refractivity contribution < 1.29 is 14.3 Å². The molecule has 0 unspecified atom stereocenters. The summed E-state index contributed by atoms with van der Waals surface area (Å²) in [6.45, 7) is 5.55. The van der Waals surface area contributed by atoms with Gasteiger partial charge in [0.15, 0.2) is 0 Å². The van der Waals surface area contributed by atoms with Crippen LogP contribution in [0.4, 0.5) is 11.6 Å². The summed E-state index contributed by atoms with van der Waals surface area (Å²) in [7, 11) is 0. The van der Waals surface area contributed by atoms with E-state index in [0.29, 0.717) is 18.1 Å². The third kappa shape index (κ3) is 3.80. The van der Waals surface area contributed by atoms with Gasteiger partial charge in [0, 0.05) is 31.2 Å². The van der Waals surface area contributed by atoms with E-state index in [-0.39, 0.29) is 5.54 Å². The molecule has 2 fully saturated rings. The number of nitrogens with zero attached hydrogens (tertiary/aromatic N) is 3. The maximum atomic E-state index is 11.8. The number of aromatic nitrogens is 2. The Bertz CT molecular complexity index is 797. The number of carbonyl (C=O) groups is 1. The molecule has 0 amide bonds. The Morgan fingerprint density at radius 3 is 2.43 bits per heavy atom. The largest absolute Gasteiger partial charge is 0.462 e. The molecule has 1 aromatic carbocycles. The highest BCUT2D eigenvalue weighted by molar-refractivity contribution is 5.88. The number of ether oxygens (including phenoxy) is 2. The van der Waals surface area contributed by atoms with Gasteiger partial charge in [0.25, 0.3) is 0 Å². The highest BCUT2D eigenvalue weighted by Gasteiger charge is 2.39. The van der Waals surface area contributed by atoms with Crippen molar-refractivity contribution in [1.82, 2.24) is 9.97 Å². The second-order valence-electron chi connectivity index (χ2n) is 7.22. The lowest BCUT2D eigenvalue weighted by atomic mass is 9.72. The third-order valence-electron chi connectivity index (χ3n) is 5.52. The fourth-order valence-corrected chi connectivity index (χ4v) is 3.76. The molecule has 0 atom stereocenters. The fraction of sp³-hybridized carbons (Fsp3) is 0.476. The molecule has 1 aromatic heterocycles. The average Bonchev–Trinajstić information content (AvgIpc) is 2.72. The number of rotatable bonds is 6. The van der Waals surface area contributed by atoms with Crippen LogP contribution in [0.3, 0.4) is 0 Å². The number of morpholine rings is 1. The molecule has 2 aromatic rings. The maximum Gasteiger partial charge on any atom is 0.341 e. The zero-order valence-electron chi connectivity index (χ0n) is 16.2. The molecule has 7 heteroatoms. The Balaban J connectivity index is 1.47. The molecule has 1 N–H and O–H groups in total. The highest BCUT2D eigenvalue weighted by Crippen LogP contribution is 2.43.